The number of hydrogen-bond acceptors (Lipinski definition) is 3. The highest BCUT2D eigenvalue weighted by molar-refractivity contribution is 6.35. The van der Waals surface area contributed by atoms with E-state index in [1.807, 2.05) is 25.1 Å². The molecule has 0 N–H and O–H groups in total. The van der Waals surface area contributed by atoms with Crippen LogP contribution in [0.2, 0.25) is 5.02 Å². The van der Waals surface area contributed by atoms with Crippen LogP contribution >= 0.6 is 11.6 Å². The Hall–Kier alpha value is -2.92. The van der Waals surface area contributed by atoms with E-state index in [2.05, 4.69) is 41.8 Å². The minimum Gasteiger partial charge on any atom is -0.372 e. The topological polar surface area (TPSA) is 19.4 Å². The minimum absolute atomic E-state index is 0.0130. The fraction of sp³-hybridized carbons (Fsp3) is 0.321. The summed E-state index contributed by atoms with van der Waals surface area (Å²) in [6, 6.07) is 10.0. The molecule has 3 nitrogen and oxygen atoms in total. The number of hydrogen-bond donors (Lipinski definition) is 0. The summed E-state index contributed by atoms with van der Waals surface area (Å²) >= 11 is 6.48. The van der Waals surface area contributed by atoms with Gasteiger partial charge in [-0.2, -0.15) is 0 Å². The van der Waals surface area contributed by atoms with E-state index in [1.54, 1.807) is 6.07 Å². The van der Waals surface area contributed by atoms with Crippen LogP contribution in [0.4, 0.5) is 8.78 Å². The van der Waals surface area contributed by atoms with Crippen molar-refractivity contribution >= 4 is 28.2 Å². The van der Waals surface area contributed by atoms with Crippen LogP contribution in [-0.2, 0) is 0 Å². The van der Waals surface area contributed by atoms with E-state index in [9.17, 15) is 8.78 Å². The van der Waals surface area contributed by atoms with Crippen molar-refractivity contribution in [1.82, 2.24) is 14.8 Å². The maximum Gasteiger partial charge on any atom is 0.129 e. The zero-order chi connectivity index (χ0) is 25.0. The van der Waals surface area contributed by atoms with Crippen LogP contribution in [-0.4, -0.2) is 41.0 Å². The van der Waals surface area contributed by atoms with Crippen molar-refractivity contribution in [1.29, 1.82) is 0 Å². The van der Waals surface area contributed by atoms with Gasteiger partial charge in [0.15, 0.2) is 0 Å². The lowest BCUT2D eigenvalue weighted by Crippen LogP contribution is -2.44. The molecule has 0 bridgehead atoms. The maximum atomic E-state index is 14.1. The van der Waals surface area contributed by atoms with Crippen LogP contribution < -0.4 is 0 Å². The molecule has 1 aliphatic heterocycles. The molecule has 2 heterocycles. The summed E-state index contributed by atoms with van der Waals surface area (Å²) in [7, 11) is 0. The van der Waals surface area contributed by atoms with E-state index in [-0.39, 0.29) is 5.56 Å². The zero-order valence-corrected chi connectivity index (χ0v) is 21.1. The second-order valence-electron chi connectivity index (χ2n) is 8.65. The van der Waals surface area contributed by atoms with Crippen molar-refractivity contribution in [3.05, 3.63) is 83.0 Å². The van der Waals surface area contributed by atoms with Gasteiger partial charge in [-0.05, 0) is 43.7 Å². The zero-order valence-electron chi connectivity index (χ0n) is 20.4. The van der Waals surface area contributed by atoms with Gasteiger partial charge in [-0.15, -0.1) is 0 Å². The molecule has 0 amide bonds. The minimum atomic E-state index is -0.607. The van der Waals surface area contributed by atoms with E-state index < -0.39 is 11.6 Å². The van der Waals surface area contributed by atoms with Crippen molar-refractivity contribution in [2.24, 2.45) is 0 Å². The van der Waals surface area contributed by atoms with E-state index in [1.165, 1.54) is 25.5 Å². The van der Waals surface area contributed by atoms with Crippen LogP contribution in [0.25, 0.3) is 27.9 Å². The van der Waals surface area contributed by atoms with Crippen molar-refractivity contribution in [3.63, 3.8) is 0 Å². The van der Waals surface area contributed by atoms with Crippen molar-refractivity contribution < 1.29 is 8.78 Å². The Morgan fingerprint density at radius 3 is 2.09 bits per heavy atom. The predicted octanol–water partition coefficient (Wildman–Crippen LogP) is 7.68. The van der Waals surface area contributed by atoms with E-state index in [0.29, 0.717) is 21.8 Å². The van der Waals surface area contributed by atoms with Crippen LogP contribution in [0.5, 0.6) is 0 Å². The molecule has 4 rings (SSSR count). The second kappa shape index (κ2) is 11.0. The van der Waals surface area contributed by atoms with Crippen molar-refractivity contribution in [2.45, 2.75) is 34.1 Å². The number of allylic oxidation sites excluding steroid dienone is 1. The Bertz CT molecular complexity index is 1190. The molecule has 1 fully saturated rings. The Labute approximate surface area is 206 Å². The predicted molar refractivity (Wildman–Crippen MR) is 140 cm³/mol. The molecule has 0 radical (unpaired) electrons. The highest BCUT2D eigenvalue weighted by Crippen LogP contribution is 2.32. The van der Waals surface area contributed by atoms with Gasteiger partial charge in [0.2, 0.25) is 0 Å². The van der Waals surface area contributed by atoms with E-state index in [4.69, 9.17) is 11.6 Å². The molecule has 6 heteroatoms. The fourth-order valence-electron chi connectivity index (χ4n) is 3.85. The Morgan fingerprint density at radius 2 is 1.53 bits per heavy atom. The lowest BCUT2D eigenvalue weighted by molar-refractivity contribution is 0.215. The molecule has 1 aliphatic rings. The number of fused-ring (bicyclic) bond motifs is 1. The SMILES string of the molecule is C=C(C)N1CCN(C(=C)c2ccc3c(Cl)cc(-c4cc(F)c(C)c(F)c4)nc3c2)CC1.CCC. The monoisotopic (exact) mass is 483 g/mol. The van der Waals surface area contributed by atoms with E-state index in [0.717, 1.165) is 48.5 Å². The summed E-state index contributed by atoms with van der Waals surface area (Å²) < 4.78 is 28.1. The Balaban J connectivity index is 0.00000103. The number of halogens is 3. The Morgan fingerprint density at radius 1 is 0.971 bits per heavy atom. The molecule has 34 heavy (non-hydrogen) atoms. The number of piperazine rings is 1. The number of nitrogens with zero attached hydrogens (tertiary/aromatic N) is 3. The third kappa shape index (κ3) is 5.58. The molecule has 0 spiro atoms. The summed E-state index contributed by atoms with van der Waals surface area (Å²) in [4.78, 5) is 9.15. The standard InChI is InChI=1S/C25H24ClF2N3.C3H8/c1-15(2)30-7-9-31(10-8-30)17(4)18-5-6-20-21(26)14-24(29-25(20)13-18)19-11-22(27)16(3)23(28)12-19;1-3-2/h5-6,11-14H,1,4,7-10H2,2-3H3;3H2,1-2H3. The second-order valence-corrected chi connectivity index (χ2v) is 9.06. The molecule has 1 aromatic heterocycles. The summed E-state index contributed by atoms with van der Waals surface area (Å²) in [5.74, 6) is -1.21. The molecule has 0 atom stereocenters. The van der Waals surface area contributed by atoms with Gasteiger partial charge in [-0.25, -0.2) is 13.8 Å². The van der Waals surface area contributed by atoms with Crippen LogP contribution in [0.15, 0.2) is 55.3 Å². The lowest BCUT2D eigenvalue weighted by atomic mass is 10.0. The third-order valence-electron chi connectivity index (χ3n) is 5.87. The number of rotatable bonds is 4. The molecule has 1 saturated heterocycles. The average Bonchev–Trinajstić information content (AvgIpc) is 2.82. The maximum absolute atomic E-state index is 14.1. The average molecular weight is 484 g/mol. The van der Waals surface area contributed by atoms with Crippen LogP contribution in [0, 0.1) is 18.6 Å². The smallest absolute Gasteiger partial charge is 0.129 e. The summed E-state index contributed by atoms with van der Waals surface area (Å²) in [5, 5.41) is 1.26. The first-order valence-electron chi connectivity index (χ1n) is 11.6. The van der Waals surface area contributed by atoms with Crippen LogP contribution in [0.3, 0.4) is 0 Å². The normalized spacial score (nSPS) is 13.5. The summed E-state index contributed by atoms with van der Waals surface area (Å²) in [6.45, 7) is 19.5. The van der Waals surface area contributed by atoms with Crippen LogP contribution in [0.1, 0.15) is 38.3 Å². The van der Waals surface area contributed by atoms with Gasteiger partial charge in [0.05, 0.1) is 16.2 Å². The van der Waals surface area contributed by atoms with E-state index >= 15 is 0 Å². The number of aromatic nitrogens is 1. The van der Waals surface area contributed by atoms with Gasteiger partial charge in [0, 0.05) is 54.1 Å². The molecule has 0 aliphatic carbocycles. The first-order valence-corrected chi connectivity index (χ1v) is 11.9. The summed E-state index contributed by atoms with van der Waals surface area (Å²) in [5.41, 5.74) is 4.35. The molecule has 0 unspecified atom stereocenters. The highest BCUT2D eigenvalue weighted by Gasteiger charge is 2.19. The molecular formula is C28H32ClF2N3. The van der Waals surface area contributed by atoms with Gasteiger partial charge < -0.3 is 9.80 Å². The van der Waals surface area contributed by atoms with Gasteiger partial charge in [0.1, 0.15) is 11.6 Å². The quantitative estimate of drug-likeness (QED) is 0.379. The fourth-order valence-corrected chi connectivity index (χ4v) is 4.11. The molecule has 3 aromatic rings. The Kier molecular flexibility index (Phi) is 8.32. The van der Waals surface area contributed by atoms with Crippen molar-refractivity contribution in [3.8, 4) is 11.3 Å². The van der Waals surface area contributed by atoms with Gasteiger partial charge in [0.25, 0.3) is 0 Å². The van der Waals surface area contributed by atoms with Gasteiger partial charge in [-0.3, -0.25) is 0 Å². The molecule has 0 saturated carbocycles. The third-order valence-corrected chi connectivity index (χ3v) is 6.18. The molecule has 180 valence electrons. The lowest BCUT2D eigenvalue weighted by Gasteiger charge is -2.38. The van der Waals surface area contributed by atoms with Crippen molar-refractivity contribution in [2.75, 3.05) is 26.2 Å². The first kappa shape index (κ1) is 25.7. The largest absolute Gasteiger partial charge is 0.372 e. The number of benzene rings is 2. The number of pyridine rings is 1. The van der Waals surface area contributed by atoms with Gasteiger partial charge >= 0.3 is 0 Å². The molecule has 2 aromatic carbocycles. The first-order chi connectivity index (χ1) is 16.2. The molecular weight excluding hydrogens is 452 g/mol. The van der Waals surface area contributed by atoms with Gasteiger partial charge in [-0.1, -0.05) is 57.2 Å². The summed E-state index contributed by atoms with van der Waals surface area (Å²) in [6.07, 6.45) is 1.25. The highest BCUT2D eigenvalue weighted by atomic mass is 35.5.